The minimum absolute atomic E-state index is 0.154. The number of para-hydroxylation sites is 2. The second-order valence-electron chi connectivity index (χ2n) is 6.16. The number of amides is 1. The van der Waals surface area contributed by atoms with E-state index in [2.05, 4.69) is 10.3 Å². The third-order valence-corrected chi connectivity index (χ3v) is 5.25. The van der Waals surface area contributed by atoms with Crippen molar-refractivity contribution >= 4 is 39.5 Å². The number of carbonyl (C=O) groups is 2. The van der Waals surface area contributed by atoms with Gasteiger partial charge in [0.25, 0.3) is 0 Å². The van der Waals surface area contributed by atoms with Gasteiger partial charge in [-0.1, -0.05) is 30.3 Å². The molecule has 0 saturated heterocycles. The summed E-state index contributed by atoms with van der Waals surface area (Å²) in [6.45, 7) is 2.17. The summed E-state index contributed by atoms with van der Waals surface area (Å²) < 4.78 is 0. The predicted molar refractivity (Wildman–Crippen MR) is 103 cm³/mol. The molecule has 1 amide bonds. The van der Waals surface area contributed by atoms with Crippen LogP contribution in [0, 0.1) is 12.8 Å². The molecule has 1 aliphatic rings. The maximum atomic E-state index is 12.9. The fourth-order valence-corrected chi connectivity index (χ4v) is 3.82. The van der Waals surface area contributed by atoms with Crippen molar-refractivity contribution in [2.75, 3.05) is 16.8 Å². The number of rotatable bonds is 3. The fraction of sp³-hybridized carbons (Fsp3) is 0.150. The van der Waals surface area contributed by atoms with Crippen molar-refractivity contribution in [1.29, 1.82) is 0 Å². The van der Waals surface area contributed by atoms with Gasteiger partial charge in [0, 0.05) is 23.2 Å². The van der Waals surface area contributed by atoms with Gasteiger partial charge in [-0.15, -0.1) is 11.3 Å². The minimum Gasteiger partial charge on any atom is -0.340 e. The Bertz CT molecular complexity index is 968. The Labute approximate surface area is 155 Å². The number of fused-ring (bicyclic) bond motifs is 1. The first-order chi connectivity index (χ1) is 12.6. The zero-order chi connectivity index (χ0) is 18.1. The highest BCUT2D eigenvalue weighted by molar-refractivity contribution is 7.13. The lowest BCUT2D eigenvalue weighted by atomic mass is 9.90. The van der Waals surface area contributed by atoms with Gasteiger partial charge in [0.15, 0.2) is 10.9 Å². The van der Waals surface area contributed by atoms with E-state index in [1.165, 1.54) is 11.3 Å². The number of carbonyl (C=O) groups excluding carboxylic acids is 2. The van der Waals surface area contributed by atoms with Gasteiger partial charge < -0.3 is 10.2 Å². The number of thiazole rings is 1. The Balaban J connectivity index is 1.69. The van der Waals surface area contributed by atoms with Crippen LogP contribution in [0.5, 0.6) is 0 Å². The summed E-state index contributed by atoms with van der Waals surface area (Å²) in [6.07, 6.45) is 0. The molecule has 2 aromatic carbocycles. The van der Waals surface area contributed by atoms with Crippen molar-refractivity contribution in [3.8, 4) is 0 Å². The van der Waals surface area contributed by atoms with Crippen LogP contribution < -0.4 is 10.2 Å². The van der Waals surface area contributed by atoms with Crippen molar-refractivity contribution in [1.82, 2.24) is 4.98 Å². The molecule has 4 rings (SSSR count). The standard InChI is InChI=1S/C20H17N3O2S/c1-13-12-26-20(21-13)22-19(25)16-11-23(14-7-3-2-4-8-14)17-10-6-5-9-15(17)18(16)24/h2-10,12,16H,11H2,1H3,(H,21,22,25). The third-order valence-electron chi connectivity index (χ3n) is 4.38. The van der Waals surface area contributed by atoms with E-state index < -0.39 is 5.92 Å². The third kappa shape index (κ3) is 2.99. The Morgan fingerprint density at radius 1 is 1.15 bits per heavy atom. The number of ketones is 1. The van der Waals surface area contributed by atoms with Gasteiger partial charge in [0.2, 0.25) is 5.91 Å². The van der Waals surface area contributed by atoms with Crippen molar-refractivity contribution in [2.45, 2.75) is 6.92 Å². The number of hydrogen-bond donors (Lipinski definition) is 1. The van der Waals surface area contributed by atoms with Crippen molar-refractivity contribution in [3.05, 3.63) is 71.2 Å². The van der Waals surface area contributed by atoms with E-state index in [9.17, 15) is 9.59 Å². The van der Waals surface area contributed by atoms with Crippen molar-refractivity contribution in [3.63, 3.8) is 0 Å². The Morgan fingerprint density at radius 2 is 1.88 bits per heavy atom. The average Bonchev–Trinajstić information content (AvgIpc) is 3.07. The smallest absolute Gasteiger partial charge is 0.238 e. The van der Waals surface area contributed by atoms with E-state index in [1.807, 2.05) is 65.7 Å². The molecule has 5 nitrogen and oxygen atoms in total. The maximum Gasteiger partial charge on any atom is 0.238 e. The minimum atomic E-state index is -0.783. The molecule has 1 aromatic heterocycles. The van der Waals surface area contributed by atoms with Gasteiger partial charge in [0.05, 0.1) is 11.4 Å². The molecule has 1 atom stereocenters. The summed E-state index contributed by atoms with van der Waals surface area (Å²) in [5.74, 6) is -1.26. The number of aromatic nitrogens is 1. The van der Waals surface area contributed by atoms with E-state index in [0.29, 0.717) is 17.2 Å². The quantitative estimate of drug-likeness (QED) is 0.714. The highest BCUT2D eigenvalue weighted by atomic mass is 32.1. The van der Waals surface area contributed by atoms with E-state index >= 15 is 0 Å². The molecule has 1 aliphatic heterocycles. The number of nitrogens with zero attached hydrogens (tertiary/aromatic N) is 2. The van der Waals surface area contributed by atoms with Crippen LogP contribution in [0.1, 0.15) is 16.1 Å². The lowest BCUT2D eigenvalue weighted by molar-refractivity contribution is -0.118. The summed E-state index contributed by atoms with van der Waals surface area (Å²) in [7, 11) is 0. The van der Waals surface area contributed by atoms with Crippen LogP contribution in [0.2, 0.25) is 0 Å². The molecule has 3 aromatic rings. The number of benzene rings is 2. The van der Waals surface area contributed by atoms with Gasteiger partial charge in [-0.3, -0.25) is 9.59 Å². The van der Waals surface area contributed by atoms with Crippen LogP contribution >= 0.6 is 11.3 Å². The molecule has 130 valence electrons. The Morgan fingerprint density at radius 3 is 2.62 bits per heavy atom. The van der Waals surface area contributed by atoms with Crippen LogP contribution in [0.3, 0.4) is 0 Å². The first-order valence-electron chi connectivity index (χ1n) is 8.32. The largest absolute Gasteiger partial charge is 0.340 e. The molecule has 0 aliphatic carbocycles. The van der Waals surface area contributed by atoms with Crippen molar-refractivity contribution in [2.24, 2.45) is 5.92 Å². The number of nitrogens with one attached hydrogen (secondary N) is 1. The van der Waals surface area contributed by atoms with Gasteiger partial charge >= 0.3 is 0 Å². The monoisotopic (exact) mass is 363 g/mol. The molecule has 0 spiro atoms. The van der Waals surface area contributed by atoms with Crippen molar-refractivity contribution < 1.29 is 9.59 Å². The lowest BCUT2D eigenvalue weighted by Crippen LogP contribution is -2.42. The number of hydrogen-bond acceptors (Lipinski definition) is 5. The summed E-state index contributed by atoms with van der Waals surface area (Å²) in [4.78, 5) is 32.0. The molecule has 6 heteroatoms. The van der Waals surface area contributed by atoms with E-state index in [1.54, 1.807) is 6.07 Å². The summed E-state index contributed by atoms with van der Waals surface area (Å²) in [5.41, 5.74) is 3.20. The molecular formula is C20H17N3O2S. The Kier molecular flexibility index (Phi) is 4.26. The zero-order valence-electron chi connectivity index (χ0n) is 14.2. The van der Waals surface area contributed by atoms with E-state index in [4.69, 9.17) is 0 Å². The first-order valence-corrected chi connectivity index (χ1v) is 9.20. The molecule has 0 saturated carbocycles. The first kappa shape index (κ1) is 16.5. The second-order valence-corrected chi connectivity index (χ2v) is 7.02. The van der Waals surface area contributed by atoms with Gasteiger partial charge in [-0.2, -0.15) is 0 Å². The van der Waals surface area contributed by atoms with Gasteiger partial charge in [-0.05, 0) is 31.2 Å². The lowest BCUT2D eigenvalue weighted by Gasteiger charge is -2.34. The SMILES string of the molecule is Cc1csc(NC(=O)C2CN(c3ccccc3)c3ccccc3C2=O)n1. The molecule has 0 fully saturated rings. The number of Topliss-reactive ketones (excluding diaryl/α,β-unsaturated/α-hetero) is 1. The number of aryl methyl sites for hydroxylation is 1. The maximum absolute atomic E-state index is 12.9. The highest BCUT2D eigenvalue weighted by Gasteiger charge is 2.37. The average molecular weight is 363 g/mol. The van der Waals surface area contributed by atoms with Crippen LogP contribution in [0.4, 0.5) is 16.5 Å². The molecule has 0 bridgehead atoms. The fourth-order valence-electron chi connectivity index (χ4n) is 3.13. The molecule has 26 heavy (non-hydrogen) atoms. The van der Waals surface area contributed by atoms with Crippen LogP contribution in [0.15, 0.2) is 60.0 Å². The normalized spacial score (nSPS) is 16.3. The molecule has 1 N–H and O–H groups in total. The van der Waals surface area contributed by atoms with Crippen LogP contribution in [0.25, 0.3) is 0 Å². The second kappa shape index (κ2) is 6.72. The molecule has 2 heterocycles. The van der Waals surface area contributed by atoms with Gasteiger partial charge in [0.1, 0.15) is 5.92 Å². The molecule has 0 radical (unpaired) electrons. The van der Waals surface area contributed by atoms with E-state index in [-0.39, 0.29) is 11.7 Å². The highest BCUT2D eigenvalue weighted by Crippen LogP contribution is 2.35. The Hall–Kier alpha value is -2.99. The van der Waals surface area contributed by atoms with Crippen LogP contribution in [-0.4, -0.2) is 23.2 Å². The van der Waals surface area contributed by atoms with E-state index in [0.717, 1.165) is 17.1 Å². The summed E-state index contributed by atoms with van der Waals surface area (Å²) in [6, 6.07) is 17.2. The topological polar surface area (TPSA) is 62.3 Å². The van der Waals surface area contributed by atoms with Crippen LogP contribution in [-0.2, 0) is 4.79 Å². The summed E-state index contributed by atoms with van der Waals surface area (Å²) in [5, 5.41) is 5.17. The summed E-state index contributed by atoms with van der Waals surface area (Å²) >= 11 is 1.36. The molecular weight excluding hydrogens is 346 g/mol. The molecule has 1 unspecified atom stereocenters. The number of anilines is 3. The zero-order valence-corrected chi connectivity index (χ0v) is 15.0. The predicted octanol–water partition coefficient (Wildman–Crippen LogP) is 4.04. The van der Waals surface area contributed by atoms with Gasteiger partial charge in [-0.25, -0.2) is 4.98 Å².